The van der Waals surface area contributed by atoms with Gasteiger partial charge in [-0.2, -0.15) is 4.98 Å². The van der Waals surface area contributed by atoms with E-state index in [0.717, 1.165) is 29.3 Å². The maximum Gasteiger partial charge on any atom is 0.350 e. The minimum atomic E-state index is -3.00. The van der Waals surface area contributed by atoms with Crippen LogP contribution in [0.3, 0.4) is 0 Å². The fourth-order valence-corrected chi connectivity index (χ4v) is 8.92. The number of alkyl halides is 2. The minimum absolute atomic E-state index is 0.0139. The van der Waals surface area contributed by atoms with Gasteiger partial charge in [0.1, 0.15) is 15.7 Å². The van der Waals surface area contributed by atoms with E-state index in [4.69, 9.17) is 0 Å². The molecule has 2 fully saturated rings. The highest BCUT2D eigenvalue weighted by Gasteiger charge is 2.47. The molecule has 7 nitrogen and oxygen atoms in total. The molecule has 6 aliphatic rings. The third-order valence-electron chi connectivity index (χ3n) is 10.3. The van der Waals surface area contributed by atoms with Crippen LogP contribution in [0.5, 0.6) is 0 Å². The van der Waals surface area contributed by atoms with Gasteiger partial charge in [0.25, 0.3) is 5.92 Å². The number of halogens is 2. The van der Waals surface area contributed by atoms with Gasteiger partial charge in [-0.25, -0.2) is 22.0 Å². The Kier molecular flexibility index (Phi) is 8.67. The van der Waals surface area contributed by atoms with Crippen molar-refractivity contribution in [1.29, 1.82) is 0 Å². The van der Waals surface area contributed by atoms with Crippen molar-refractivity contribution in [3.05, 3.63) is 81.8 Å². The molecule has 0 saturated carbocycles. The second-order valence-electron chi connectivity index (χ2n) is 13.8. The molecule has 6 bridgehead atoms. The number of nitrogens with one attached hydrogen (secondary N) is 1. The van der Waals surface area contributed by atoms with E-state index in [2.05, 4.69) is 41.2 Å². The van der Waals surface area contributed by atoms with Gasteiger partial charge in [0.2, 0.25) is 0 Å². The molecule has 0 radical (unpaired) electrons. The van der Waals surface area contributed by atoms with E-state index in [0.29, 0.717) is 56.7 Å². The van der Waals surface area contributed by atoms with Crippen LogP contribution >= 0.6 is 0 Å². The van der Waals surface area contributed by atoms with Crippen molar-refractivity contribution in [2.75, 3.05) is 29.9 Å². The monoisotopic (exact) mass is 638 g/mol. The van der Waals surface area contributed by atoms with E-state index in [-0.39, 0.29) is 34.2 Å². The molecule has 0 amide bonds. The Morgan fingerprint density at radius 1 is 0.978 bits per heavy atom. The lowest BCUT2D eigenvalue weighted by atomic mass is 9.77. The van der Waals surface area contributed by atoms with Crippen molar-refractivity contribution in [1.82, 2.24) is 14.5 Å². The van der Waals surface area contributed by atoms with Crippen LogP contribution in [0, 0.1) is 5.92 Å². The number of nitrogens with zero attached hydrogens (tertiary/aromatic N) is 3. The predicted molar refractivity (Wildman–Crippen MR) is 176 cm³/mol. The Bertz CT molecular complexity index is 1750. The molecule has 2 aromatic carbocycles. The third-order valence-corrected chi connectivity index (χ3v) is 12.0. The molecule has 2 saturated heterocycles. The summed E-state index contributed by atoms with van der Waals surface area (Å²) in [6.45, 7) is 7.85. The SMILES string of the molecule is C[C@H]1Nc2nc(=O)n(c3ccc(C4CCS(=O)(=O)CC4)cc23)CCC/C=C/CN2CCC(CC2(C)C)C(F)(F)c2cccc1c2. The normalized spacial score (nSPS) is 27.5. The van der Waals surface area contributed by atoms with E-state index in [1.54, 1.807) is 16.7 Å². The van der Waals surface area contributed by atoms with Gasteiger partial charge in [0, 0.05) is 41.5 Å². The molecule has 3 atom stereocenters. The Balaban J connectivity index is 1.41. The number of piperidine rings is 1. The van der Waals surface area contributed by atoms with Crippen molar-refractivity contribution in [3.8, 4) is 0 Å². The van der Waals surface area contributed by atoms with Crippen LogP contribution in [0.25, 0.3) is 10.9 Å². The van der Waals surface area contributed by atoms with Gasteiger partial charge < -0.3 is 5.32 Å². The van der Waals surface area contributed by atoms with Crippen molar-refractivity contribution in [2.45, 2.75) is 89.3 Å². The van der Waals surface area contributed by atoms with Gasteiger partial charge in [-0.05, 0) is 101 Å². The fourth-order valence-electron chi connectivity index (χ4n) is 7.42. The van der Waals surface area contributed by atoms with Crippen LogP contribution in [0.4, 0.5) is 14.6 Å². The third kappa shape index (κ3) is 6.59. The zero-order chi connectivity index (χ0) is 32.0. The number of allylic oxidation sites excluding steroid dienone is 1. The molecular weight excluding hydrogens is 594 g/mol. The summed E-state index contributed by atoms with van der Waals surface area (Å²) in [6.07, 6.45) is 7.73. The smallest absolute Gasteiger partial charge is 0.350 e. The van der Waals surface area contributed by atoms with Crippen LogP contribution in [-0.4, -0.2) is 53.0 Å². The van der Waals surface area contributed by atoms with Gasteiger partial charge in [0.15, 0.2) is 0 Å². The standard InChI is InChI=1S/C35H44F2N4O3S/c1-24-26-9-8-10-28(21-26)35(36,37)29-13-18-40(34(2,3)23-29)16-6-4-5-7-17-41-31-12-11-27(25-14-19-45(43,44)20-15-25)22-30(31)32(38-24)39-33(41)42/h4,6,8-12,21-22,24-25,29H,5,7,13-20,23H2,1-3H3,(H,38,39,42)/b6-4+/t24-,29?/m1/s1. The van der Waals surface area contributed by atoms with E-state index in [1.165, 1.54) is 6.07 Å². The van der Waals surface area contributed by atoms with Crippen LogP contribution < -0.4 is 11.0 Å². The van der Waals surface area contributed by atoms with Crippen molar-refractivity contribution in [3.63, 3.8) is 0 Å². The molecule has 0 aliphatic carbocycles. The summed E-state index contributed by atoms with van der Waals surface area (Å²) in [5, 5.41) is 4.15. The Morgan fingerprint density at radius 2 is 1.76 bits per heavy atom. The predicted octanol–water partition coefficient (Wildman–Crippen LogP) is 6.79. The zero-order valence-electron chi connectivity index (χ0n) is 26.4. The lowest BCUT2D eigenvalue weighted by Crippen LogP contribution is -2.52. The summed E-state index contributed by atoms with van der Waals surface area (Å²) in [5.41, 5.74) is 1.76. The Hall–Kier alpha value is -3.11. The van der Waals surface area contributed by atoms with Crippen LogP contribution in [0.2, 0.25) is 0 Å². The van der Waals surface area contributed by atoms with Crippen LogP contribution in [0.1, 0.15) is 87.9 Å². The van der Waals surface area contributed by atoms with Crippen LogP contribution in [0.15, 0.2) is 59.4 Å². The van der Waals surface area contributed by atoms with Gasteiger partial charge in [-0.15, -0.1) is 0 Å². The molecule has 10 heteroatoms. The molecule has 9 rings (SSSR count). The zero-order valence-corrected chi connectivity index (χ0v) is 27.3. The van der Waals surface area contributed by atoms with E-state index in [9.17, 15) is 13.2 Å². The number of sulfone groups is 1. The van der Waals surface area contributed by atoms with Gasteiger partial charge in [-0.3, -0.25) is 9.47 Å². The average Bonchev–Trinajstić information content (AvgIpc) is 3.00. The minimum Gasteiger partial charge on any atom is -0.363 e. The molecule has 242 valence electrons. The number of hydrogen-bond acceptors (Lipinski definition) is 6. The van der Waals surface area contributed by atoms with Gasteiger partial charge in [0.05, 0.1) is 17.0 Å². The first-order chi connectivity index (χ1) is 21.3. The van der Waals surface area contributed by atoms with Gasteiger partial charge in [-0.1, -0.05) is 36.4 Å². The maximum atomic E-state index is 16.1. The number of hydrogen-bond donors (Lipinski definition) is 1. The molecular formula is C35H44F2N4O3S. The van der Waals surface area contributed by atoms with E-state index >= 15 is 8.78 Å². The summed E-state index contributed by atoms with van der Waals surface area (Å²) in [5.74, 6) is -2.90. The number of aryl methyl sites for hydroxylation is 1. The number of benzene rings is 2. The summed E-state index contributed by atoms with van der Waals surface area (Å²) >= 11 is 0. The number of rotatable bonds is 1. The molecule has 3 aromatic rings. The van der Waals surface area contributed by atoms with Crippen molar-refractivity contribution >= 4 is 26.6 Å². The van der Waals surface area contributed by atoms with Gasteiger partial charge >= 0.3 is 5.69 Å². The van der Waals surface area contributed by atoms with Crippen LogP contribution in [-0.2, 0) is 22.3 Å². The topological polar surface area (TPSA) is 84.3 Å². The van der Waals surface area contributed by atoms with E-state index in [1.807, 2.05) is 31.2 Å². The first-order valence-corrected chi connectivity index (χ1v) is 18.1. The highest BCUT2D eigenvalue weighted by atomic mass is 32.2. The summed E-state index contributed by atoms with van der Waals surface area (Å²) < 4.78 is 58.1. The lowest BCUT2D eigenvalue weighted by molar-refractivity contribution is -0.107. The lowest BCUT2D eigenvalue weighted by Gasteiger charge is -2.47. The summed E-state index contributed by atoms with van der Waals surface area (Å²) in [7, 11) is -3.00. The second-order valence-corrected chi connectivity index (χ2v) is 16.1. The number of aromatic nitrogens is 2. The number of anilines is 1. The second kappa shape index (κ2) is 12.2. The highest BCUT2D eigenvalue weighted by molar-refractivity contribution is 7.91. The Morgan fingerprint density at radius 3 is 2.51 bits per heavy atom. The van der Waals surface area contributed by atoms with Crippen molar-refractivity contribution < 1.29 is 17.2 Å². The molecule has 1 aromatic heterocycles. The molecule has 0 spiro atoms. The van der Waals surface area contributed by atoms with E-state index < -0.39 is 27.7 Å². The first-order valence-electron chi connectivity index (χ1n) is 16.2. The average molecular weight is 639 g/mol. The summed E-state index contributed by atoms with van der Waals surface area (Å²) in [4.78, 5) is 20.2. The van der Waals surface area contributed by atoms with Crippen molar-refractivity contribution in [2.24, 2.45) is 5.92 Å². The molecule has 6 aliphatic heterocycles. The highest BCUT2D eigenvalue weighted by Crippen LogP contribution is 2.46. The molecule has 1 N–H and O–H groups in total. The molecule has 7 heterocycles. The maximum absolute atomic E-state index is 16.1. The molecule has 45 heavy (non-hydrogen) atoms. The quantitative estimate of drug-likeness (QED) is 0.296. The summed E-state index contributed by atoms with van der Waals surface area (Å²) in [6, 6.07) is 12.2. The largest absolute Gasteiger partial charge is 0.363 e. The fraction of sp³-hybridized carbons (Fsp3) is 0.543. The Labute approximate surface area is 264 Å². The first kappa shape index (κ1) is 31.9. The molecule has 2 unspecified atom stereocenters.